The molecule has 0 aliphatic heterocycles. The molecule has 0 amide bonds. The predicted octanol–water partition coefficient (Wildman–Crippen LogP) is 1.36. The fourth-order valence-electron chi connectivity index (χ4n) is 0.563. The molecule has 0 unspecified atom stereocenters. The van der Waals surface area contributed by atoms with E-state index in [0.29, 0.717) is 0 Å². The van der Waals surface area contributed by atoms with Gasteiger partial charge in [0, 0.05) is 6.33 Å². The molecule has 1 rings (SSSR count). The predicted molar refractivity (Wildman–Crippen MR) is 43.8 cm³/mol. The molecule has 5 heteroatoms. The van der Waals surface area contributed by atoms with Crippen LogP contribution in [0.4, 0.5) is 5.82 Å². The summed E-state index contributed by atoms with van der Waals surface area (Å²) >= 11 is 5.54. The summed E-state index contributed by atoms with van der Waals surface area (Å²) in [5.41, 5.74) is 0. The van der Waals surface area contributed by atoms with Gasteiger partial charge in [0.15, 0.2) is 0 Å². The number of nitrogens with zero attached hydrogens (tertiary/aromatic N) is 3. The quantitative estimate of drug-likeness (QED) is 0.514. The molecule has 0 radical (unpaired) electrons. The second-order valence-electron chi connectivity index (χ2n) is 1.94. The zero-order valence-electron chi connectivity index (χ0n) is 6.36. The van der Waals surface area contributed by atoms with Gasteiger partial charge in [-0.15, -0.1) is 5.88 Å². The second kappa shape index (κ2) is 3.92. The Morgan fingerprint density at radius 1 is 1.67 bits per heavy atom. The molecule has 0 saturated carbocycles. The lowest BCUT2D eigenvalue weighted by Crippen LogP contribution is -2.00. The van der Waals surface area contributed by atoms with E-state index in [0.717, 1.165) is 0 Å². The molecular weight excluding hydrogens is 178 g/mol. The van der Waals surface area contributed by atoms with Crippen LogP contribution in [0, 0.1) is 0 Å². The van der Waals surface area contributed by atoms with E-state index >= 15 is 0 Å². The van der Waals surface area contributed by atoms with Crippen LogP contribution in [0.15, 0.2) is 24.4 Å². The van der Waals surface area contributed by atoms with Crippen molar-refractivity contribution in [2.75, 3.05) is 0 Å². The van der Waals surface area contributed by atoms with Gasteiger partial charge in [-0.1, -0.05) is 23.5 Å². The van der Waals surface area contributed by atoms with Gasteiger partial charge in [0.1, 0.15) is 5.15 Å². The van der Waals surface area contributed by atoms with Gasteiger partial charge >= 0.3 is 0 Å². The first-order valence-corrected chi connectivity index (χ1v) is 3.63. The molecule has 12 heavy (non-hydrogen) atoms. The summed E-state index contributed by atoms with van der Waals surface area (Å²) in [5.74, 6) is -0.0668. The Morgan fingerprint density at radius 2 is 2.42 bits per heavy atom. The minimum absolute atomic E-state index is 0.271. The third kappa shape index (κ3) is 2.39. The molecule has 0 fully saturated rings. The van der Waals surface area contributed by atoms with Crippen LogP contribution < -0.4 is 5.11 Å². The maximum absolute atomic E-state index is 10.8. The monoisotopic (exact) mass is 183 g/mol. The van der Waals surface area contributed by atoms with E-state index in [1.54, 1.807) is 6.92 Å². The highest BCUT2D eigenvalue weighted by Gasteiger charge is 1.84. The molecule has 0 atom stereocenters. The molecule has 1 aromatic heterocycles. The van der Waals surface area contributed by atoms with Crippen molar-refractivity contribution >= 4 is 17.4 Å². The molecule has 0 saturated heterocycles. The van der Waals surface area contributed by atoms with E-state index in [2.05, 4.69) is 15.3 Å². The molecule has 1 aromatic rings. The molecule has 0 bridgehead atoms. The van der Waals surface area contributed by atoms with Crippen LogP contribution in [-0.2, 0) is 0 Å². The van der Waals surface area contributed by atoms with Gasteiger partial charge in [0.25, 0.3) is 0 Å². The number of hydrogen-bond acceptors (Lipinski definition) is 3. The molecule has 0 aromatic carbocycles. The highest BCUT2D eigenvalue weighted by molar-refractivity contribution is 6.29. The SMILES string of the molecule is CC=C([O-])[N-]c1cc(Cl)ncn1. The minimum atomic E-state index is -0.343. The van der Waals surface area contributed by atoms with E-state index in [4.69, 9.17) is 11.6 Å². The van der Waals surface area contributed by atoms with Gasteiger partial charge in [0.05, 0.1) is 0 Å². The van der Waals surface area contributed by atoms with Gasteiger partial charge in [-0.25, -0.2) is 4.98 Å². The Labute approximate surface area is 74.9 Å². The lowest BCUT2D eigenvalue weighted by molar-refractivity contribution is -0.296. The van der Waals surface area contributed by atoms with E-state index < -0.39 is 0 Å². The van der Waals surface area contributed by atoms with Gasteiger partial charge in [-0.3, -0.25) is 0 Å². The molecule has 0 aliphatic carbocycles. The van der Waals surface area contributed by atoms with E-state index in [9.17, 15) is 5.11 Å². The minimum Gasteiger partial charge on any atom is -0.876 e. The maximum atomic E-state index is 10.8. The van der Waals surface area contributed by atoms with Crippen LogP contribution in [0.3, 0.4) is 0 Å². The Hall–Kier alpha value is -1.29. The molecular formula is C7H6ClN3O-2. The summed E-state index contributed by atoms with van der Waals surface area (Å²) in [7, 11) is 0. The molecule has 4 nitrogen and oxygen atoms in total. The lowest BCUT2D eigenvalue weighted by atomic mass is 10.5. The van der Waals surface area contributed by atoms with Crippen LogP contribution in [0.25, 0.3) is 5.32 Å². The van der Waals surface area contributed by atoms with Crippen LogP contribution in [0.1, 0.15) is 6.92 Å². The molecule has 64 valence electrons. The fourth-order valence-corrected chi connectivity index (χ4v) is 0.704. The van der Waals surface area contributed by atoms with Crippen molar-refractivity contribution < 1.29 is 5.11 Å². The van der Waals surface area contributed by atoms with Crippen molar-refractivity contribution in [1.29, 1.82) is 0 Å². The van der Waals surface area contributed by atoms with Gasteiger partial charge in [0.2, 0.25) is 0 Å². The first-order valence-electron chi connectivity index (χ1n) is 3.25. The van der Waals surface area contributed by atoms with Crippen molar-refractivity contribution in [1.82, 2.24) is 9.97 Å². The fraction of sp³-hybridized carbons (Fsp3) is 0.143. The number of allylic oxidation sites excluding steroid dienone is 1. The number of hydrogen-bond donors (Lipinski definition) is 0. The summed E-state index contributed by atoms with van der Waals surface area (Å²) < 4.78 is 0. The molecule has 0 aliphatic rings. The summed E-state index contributed by atoms with van der Waals surface area (Å²) in [6, 6.07) is 1.42. The number of aromatic nitrogens is 2. The van der Waals surface area contributed by atoms with Gasteiger partial charge in [-0.2, -0.15) is 0 Å². The zero-order chi connectivity index (χ0) is 8.97. The smallest absolute Gasteiger partial charge is 0.128 e. The van der Waals surface area contributed by atoms with Crippen LogP contribution in [0.2, 0.25) is 5.15 Å². The third-order valence-corrected chi connectivity index (χ3v) is 1.30. The average Bonchev–Trinajstić information content (AvgIpc) is 2.04. The van der Waals surface area contributed by atoms with E-state index in [1.165, 1.54) is 18.5 Å². The Morgan fingerprint density at radius 3 is 3.00 bits per heavy atom. The Kier molecular flexibility index (Phi) is 2.88. The van der Waals surface area contributed by atoms with E-state index in [-0.39, 0.29) is 16.9 Å². The standard InChI is InChI=1S/C7H7ClN3O/c1-2-7(12)11-6-3-5(8)9-4-10-6/h2-4H,1H3,(H-,9,10,11,12)/q-1/p-1. The van der Waals surface area contributed by atoms with Gasteiger partial charge in [-0.05, 0) is 13.0 Å². The molecule has 0 N–H and O–H groups in total. The van der Waals surface area contributed by atoms with E-state index in [1.807, 2.05) is 0 Å². The van der Waals surface area contributed by atoms with Crippen molar-refractivity contribution in [3.63, 3.8) is 0 Å². The zero-order valence-corrected chi connectivity index (χ0v) is 7.12. The normalized spacial score (nSPS) is 11.3. The maximum Gasteiger partial charge on any atom is 0.128 e. The Balaban J connectivity index is 2.76. The van der Waals surface area contributed by atoms with Gasteiger partial charge < -0.3 is 15.4 Å². The number of halogens is 1. The van der Waals surface area contributed by atoms with Crippen molar-refractivity contribution in [3.05, 3.63) is 34.8 Å². The van der Waals surface area contributed by atoms with Crippen molar-refractivity contribution in [3.8, 4) is 0 Å². The highest BCUT2D eigenvalue weighted by atomic mass is 35.5. The topological polar surface area (TPSA) is 62.9 Å². The average molecular weight is 184 g/mol. The first kappa shape index (κ1) is 8.80. The van der Waals surface area contributed by atoms with Crippen LogP contribution in [-0.4, -0.2) is 9.97 Å². The summed E-state index contributed by atoms with van der Waals surface area (Å²) in [4.78, 5) is 7.37. The highest BCUT2D eigenvalue weighted by Crippen LogP contribution is 2.19. The first-order chi connectivity index (χ1) is 5.72. The second-order valence-corrected chi connectivity index (χ2v) is 2.32. The summed E-state index contributed by atoms with van der Waals surface area (Å²) in [6.07, 6.45) is 2.60. The summed E-state index contributed by atoms with van der Waals surface area (Å²) in [6.45, 7) is 1.61. The van der Waals surface area contributed by atoms with Crippen LogP contribution in [0.5, 0.6) is 0 Å². The molecule has 1 heterocycles. The third-order valence-electron chi connectivity index (χ3n) is 1.09. The largest absolute Gasteiger partial charge is 0.876 e. The van der Waals surface area contributed by atoms with Crippen LogP contribution >= 0.6 is 11.6 Å². The number of rotatable bonds is 2. The van der Waals surface area contributed by atoms with Crippen molar-refractivity contribution in [2.45, 2.75) is 6.92 Å². The van der Waals surface area contributed by atoms with Crippen molar-refractivity contribution in [2.24, 2.45) is 0 Å². The summed E-state index contributed by atoms with van der Waals surface area (Å²) in [5, 5.41) is 14.6. The Bertz CT molecular complexity index is 300. The lowest BCUT2D eigenvalue weighted by Gasteiger charge is -2.21. The molecule has 0 spiro atoms.